The van der Waals surface area contributed by atoms with Crippen molar-refractivity contribution in [1.82, 2.24) is 0 Å². The second-order valence-electron chi connectivity index (χ2n) is 9.19. The Hall–Kier alpha value is -0.380. The first-order valence-electron chi connectivity index (χ1n) is 10.2. The summed E-state index contributed by atoms with van der Waals surface area (Å²) in [6.07, 6.45) is 7.97. The molecule has 0 aromatic heterocycles. The van der Waals surface area contributed by atoms with Crippen molar-refractivity contribution < 1.29 is 10.2 Å². The molecule has 0 bridgehead atoms. The standard InChI is InChI=1S/C22H45NO2/c1-9-11-13-15-18(21(7,24)16-14-12-10-2)22(8,25)19(17(3)4)20(5,6)23/h18-19,24-25H,3,9-16,23H2,1-2,4-8H3. The third kappa shape index (κ3) is 7.40. The highest BCUT2D eigenvalue weighted by molar-refractivity contribution is 5.15. The monoisotopic (exact) mass is 355 g/mol. The van der Waals surface area contributed by atoms with E-state index in [0.29, 0.717) is 6.42 Å². The maximum absolute atomic E-state index is 11.6. The topological polar surface area (TPSA) is 66.5 Å². The van der Waals surface area contributed by atoms with E-state index >= 15 is 0 Å². The molecule has 0 saturated carbocycles. The second kappa shape index (κ2) is 10.1. The molecule has 0 fully saturated rings. The lowest BCUT2D eigenvalue weighted by molar-refractivity contribution is -0.146. The van der Waals surface area contributed by atoms with Crippen molar-refractivity contribution in [3.63, 3.8) is 0 Å². The van der Waals surface area contributed by atoms with Crippen LogP contribution in [0.25, 0.3) is 0 Å². The van der Waals surface area contributed by atoms with Crippen LogP contribution in [0, 0.1) is 11.8 Å². The molecule has 3 nitrogen and oxygen atoms in total. The molecule has 0 heterocycles. The molecule has 4 N–H and O–H groups in total. The normalized spacial score (nSPS) is 19.8. The van der Waals surface area contributed by atoms with Gasteiger partial charge in [-0.05, 0) is 47.5 Å². The van der Waals surface area contributed by atoms with Gasteiger partial charge in [-0.2, -0.15) is 0 Å². The molecule has 4 atom stereocenters. The van der Waals surface area contributed by atoms with Gasteiger partial charge in [-0.25, -0.2) is 0 Å². The molecular weight excluding hydrogens is 310 g/mol. The number of nitrogens with two attached hydrogens (primary N) is 1. The van der Waals surface area contributed by atoms with Crippen LogP contribution in [0.3, 0.4) is 0 Å². The summed E-state index contributed by atoms with van der Waals surface area (Å²) in [5.74, 6) is -0.503. The van der Waals surface area contributed by atoms with Crippen LogP contribution in [0.5, 0.6) is 0 Å². The Balaban J connectivity index is 5.71. The molecule has 0 aliphatic heterocycles. The van der Waals surface area contributed by atoms with Gasteiger partial charge < -0.3 is 15.9 Å². The van der Waals surface area contributed by atoms with Gasteiger partial charge in [-0.3, -0.25) is 0 Å². The largest absolute Gasteiger partial charge is 0.390 e. The Labute approximate surface area is 157 Å². The van der Waals surface area contributed by atoms with E-state index in [1.807, 2.05) is 34.6 Å². The zero-order valence-electron chi connectivity index (χ0n) is 18.0. The number of hydrogen-bond donors (Lipinski definition) is 3. The fourth-order valence-electron chi connectivity index (χ4n) is 4.83. The van der Waals surface area contributed by atoms with Crippen molar-refractivity contribution in [2.75, 3.05) is 0 Å². The average Bonchev–Trinajstić information content (AvgIpc) is 2.40. The lowest BCUT2D eigenvalue weighted by Crippen LogP contribution is -2.60. The van der Waals surface area contributed by atoms with Gasteiger partial charge in [0.25, 0.3) is 0 Å². The predicted octanol–water partition coefficient (Wildman–Crippen LogP) is 5.19. The van der Waals surface area contributed by atoms with Gasteiger partial charge in [0, 0.05) is 17.4 Å². The smallest absolute Gasteiger partial charge is 0.0757 e. The van der Waals surface area contributed by atoms with Crippen LogP contribution in [0.2, 0.25) is 0 Å². The Kier molecular flexibility index (Phi) is 9.93. The average molecular weight is 356 g/mol. The van der Waals surface area contributed by atoms with Crippen molar-refractivity contribution in [1.29, 1.82) is 0 Å². The quantitative estimate of drug-likeness (QED) is 0.314. The molecule has 0 aromatic carbocycles. The fraction of sp³-hybridized carbons (Fsp3) is 0.909. The van der Waals surface area contributed by atoms with Crippen molar-refractivity contribution >= 4 is 0 Å². The van der Waals surface area contributed by atoms with Crippen LogP contribution in [0.4, 0.5) is 0 Å². The molecule has 0 aliphatic rings. The van der Waals surface area contributed by atoms with E-state index < -0.39 is 16.7 Å². The second-order valence-corrected chi connectivity index (χ2v) is 9.19. The minimum absolute atomic E-state index is 0.229. The zero-order chi connectivity index (χ0) is 19.9. The summed E-state index contributed by atoms with van der Waals surface area (Å²) in [5.41, 5.74) is 4.68. The fourth-order valence-corrected chi connectivity index (χ4v) is 4.83. The summed E-state index contributed by atoms with van der Waals surface area (Å²) in [4.78, 5) is 0. The highest BCUT2D eigenvalue weighted by atomic mass is 16.3. The SMILES string of the molecule is C=C(C)C(C(C)(C)N)C(C)(O)C(CCCCC)C(C)(O)CCCCC. The molecule has 3 heteroatoms. The molecular formula is C22H45NO2. The van der Waals surface area contributed by atoms with Crippen molar-refractivity contribution in [2.45, 2.75) is 117 Å². The van der Waals surface area contributed by atoms with Gasteiger partial charge in [0.1, 0.15) is 0 Å². The van der Waals surface area contributed by atoms with E-state index in [4.69, 9.17) is 5.73 Å². The maximum Gasteiger partial charge on any atom is 0.0757 e. The predicted molar refractivity (Wildman–Crippen MR) is 110 cm³/mol. The summed E-state index contributed by atoms with van der Waals surface area (Å²) in [6, 6.07) is 0. The summed E-state index contributed by atoms with van der Waals surface area (Å²) in [5, 5.41) is 22.9. The van der Waals surface area contributed by atoms with E-state index in [0.717, 1.165) is 50.5 Å². The lowest BCUT2D eigenvalue weighted by atomic mass is 9.61. The van der Waals surface area contributed by atoms with Crippen LogP contribution in [0.1, 0.15) is 99.8 Å². The Morgan fingerprint density at radius 2 is 1.44 bits per heavy atom. The molecule has 0 radical (unpaired) electrons. The van der Waals surface area contributed by atoms with Crippen LogP contribution >= 0.6 is 0 Å². The van der Waals surface area contributed by atoms with Gasteiger partial charge in [0.05, 0.1) is 11.2 Å². The maximum atomic E-state index is 11.6. The molecule has 25 heavy (non-hydrogen) atoms. The van der Waals surface area contributed by atoms with E-state index in [1.165, 1.54) is 0 Å². The Bertz CT molecular complexity index is 393. The van der Waals surface area contributed by atoms with Gasteiger partial charge in [0.2, 0.25) is 0 Å². The lowest BCUT2D eigenvalue weighted by Gasteiger charge is -2.50. The summed E-state index contributed by atoms with van der Waals surface area (Å²) >= 11 is 0. The zero-order valence-corrected chi connectivity index (χ0v) is 18.0. The Morgan fingerprint density at radius 1 is 0.960 bits per heavy atom. The first kappa shape index (κ1) is 24.6. The molecule has 0 aromatic rings. The highest BCUT2D eigenvalue weighted by Gasteiger charge is 2.51. The first-order valence-corrected chi connectivity index (χ1v) is 10.2. The number of rotatable bonds is 13. The summed E-state index contributed by atoms with van der Waals surface area (Å²) in [6.45, 7) is 18.0. The van der Waals surface area contributed by atoms with Crippen LogP contribution in [-0.2, 0) is 0 Å². The number of unbranched alkanes of at least 4 members (excludes halogenated alkanes) is 4. The number of hydrogen-bond acceptors (Lipinski definition) is 3. The summed E-state index contributed by atoms with van der Waals surface area (Å²) in [7, 11) is 0. The van der Waals surface area contributed by atoms with Gasteiger partial charge in [0.15, 0.2) is 0 Å². The molecule has 0 amide bonds. The minimum Gasteiger partial charge on any atom is -0.390 e. The molecule has 0 aliphatic carbocycles. The molecule has 4 unspecified atom stereocenters. The molecule has 0 saturated heterocycles. The van der Waals surface area contributed by atoms with Crippen LogP contribution < -0.4 is 5.73 Å². The molecule has 0 spiro atoms. The third-order valence-electron chi connectivity index (χ3n) is 5.66. The minimum atomic E-state index is -1.10. The van der Waals surface area contributed by atoms with Gasteiger partial charge in [-0.1, -0.05) is 64.5 Å². The third-order valence-corrected chi connectivity index (χ3v) is 5.66. The van der Waals surface area contributed by atoms with E-state index in [-0.39, 0.29) is 11.8 Å². The van der Waals surface area contributed by atoms with Crippen molar-refractivity contribution in [3.8, 4) is 0 Å². The van der Waals surface area contributed by atoms with E-state index in [2.05, 4.69) is 20.4 Å². The van der Waals surface area contributed by atoms with Crippen LogP contribution in [-0.4, -0.2) is 27.0 Å². The Morgan fingerprint density at radius 3 is 1.84 bits per heavy atom. The van der Waals surface area contributed by atoms with E-state index in [9.17, 15) is 10.2 Å². The molecule has 150 valence electrons. The first-order chi connectivity index (χ1) is 11.3. The van der Waals surface area contributed by atoms with Crippen molar-refractivity contribution in [3.05, 3.63) is 12.2 Å². The van der Waals surface area contributed by atoms with E-state index in [1.54, 1.807) is 0 Å². The van der Waals surface area contributed by atoms with Crippen molar-refractivity contribution in [2.24, 2.45) is 17.6 Å². The van der Waals surface area contributed by atoms with Gasteiger partial charge in [-0.15, -0.1) is 0 Å². The van der Waals surface area contributed by atoms with Crippen LogP contribution in [0.15, 0.2) is 12.2 Å². The molecule has 0 rings (SSSR count). The summed E-state index contributed by atoms with van der Waals surface area (Å²) < 4.78 is 0. The van der Waals surface area contributed by atoms with Gasteiger partial charge >= 0.3 is 0 Å². The number of aliphatic hydroxyl groups is 2. The highest BCUT2D eigenvalue weighted by Crippen LogP contribution is 2.45.